The molecule has 4 rings (SSSR count). The Kier molecular flexibility index (Phi) is 3.75. The van der Waals surface area contributed by atoms with E-state index in [2.05, 4.69) is 36.3 Å². The molecule has 2 atom stereocenters. The van der Waals surface area contributed by atoms with E-state index in [0.717, 1.165) is 18.6 Å². The second kappa shape index (κ2) is 5.76. The molecule has 6 heteroatoms. The van der Waals surface area contributed by atoms with Crippen LogP contribution < -0.4 is 11.0 Å². The van der Waals surface area contributed by atoms with Crippen LogP contribution in [0.2, 0.25) is 0 Å². The molecule has 6 nitrogen and oxygen atoms in total. The van der Waals surface area contributed by atoms with Crippen molar-refractivity contribution in [2.24, 2.45) is 21.8 Å². The maximum atomic E-state index is 12.5. The first-order valence-corrected chi connectivity index (χ1v) is 9.13. The lowest BCUT2D eigenvalue weighted by molar-refractivity contribution is -0.121. The number of carbonyl (C=O) groups is 1. The van der Waals surface area contributed by atoms with E-state index in [4.69, 9.17) is 0 Å². The minimum Gasteiger partial charge on any atom is -0.289 e. The van der Waals surface area contributed by atoms with Gasteiger partial charge in [0.2, 0.25) is 0 Å². The summed E-state index contributed by atoms with van der Waals surface area (Å²) in [6.45, 7) is 6.77. The van der Waals surface area contributed by atoms with Crippen LogP contribution in [0, 0.1) is 16.7 Å². The standard InChI is InChI=1S/C20H24N4O2/c1-19(2)13-8-9-20(19,3)16(10-13)22-23-17(25)11-24-12-21-15-7-5-4-6-14(15)18(24)26/h4-7,12-13H,8-11H2,1-3H3,(H,23,25)/b22-16-. The molecule has 0 aliphatic heterocycles. The van der Waals surface area contributed by atoms with E-state index in [1.165, 1.54) is 17.3 Å². The van der Waals surface area contributed by atoms with Crippen molar-refractivity contribution in [3.05, 3.63) is 40.9 Å². The number of para-hydroxylation sites is 1. The molecule has 1 heterocycles. The van der Waals surface area contributed by atoms with Crippen molar-refractivity contribution < 1.29 is 4.79 Å². The lowest BCUT2D eigenvalue weighted by Crippen LogP contribution is -2.35. The fourth-order valence-electron chi connectivity index (χ4n) is 4.64. The van der Waals surface area contributed by atoms with Gasteiger partial charge in [0.05, 0.1) is 17.2 Å². The molecule has 2 aliphatic rings. The Bertz CT molecular complexity index is 975. The summed E-state index contributed by atoms with van der Waals surface area (Å²) in [5, 5.41) is 4.95. The van der Waals surface area contributed by atoms with Crippen molar-refractivity contribution >= 4 is 22.5 Å². The minimum atomic E-state index is -0.305. The second-order valence-corrected chi connectivity index (χ2v) is 8.28. The number of aromatic nitrogens is 2. The number of amides is 1. The van der Waals surface area contributed by atoms with Gasteiger partial charge in [-0.3, -0.25) is 14.2 Å². The van der Waals surface area contributed by atoms with Crippen LogP contribution in [0.1, 0.15) is 40.0 Å². The zero-order chi connectivity index (χ0) is 18.5. The van der Waals surface area contributed by atoms with Crippen LogP contribution in [0.25, 0.3) is 10.9 Å². The third kappa shape index (κ3) is 2.39. The topological polar surface area (TPSA) is 76.3 Å². The number of carbonyl (C=O) groups excluding carboxylic acids is 1. The largest absolute Gasteiger partial charge is 0.289 e. The van der Waals surface area contributed by atoms with Gasteiger partial charge in [-0.25, -0.2) is 10.4 Å². The number of nitrogens with zero attached hydrogens (tertiary/aromatic N) is 3. The predicted molar refractivity (Wildman–Crippen MR) is 101 cm³/mol. The van der Waals surface area contributed by atoms with Crippen LogP contribution in [-0.2, 0) is 11.3 Å². The van der Waals surface area contributed by atoms with E-state index in [-0.39, 0.29) is 28.8 Å². The highest BCUT2D eigenvalue weighted by Gasteiger charge is 2.59. The zero-order valence-electron chi connectivity index (χ0n) is 15.5. The van der Waals surface area contributed by atoms with Crippen LogP contribution >= 0.6 is 0 Å². The summed E-state index contributed by atoms with van der Waals surface area (Å²) in [4.78, 5) is 29.0. The van der Waals surface area contributed by atoms with Crippen LogP contribution in [0.4, 0.5) is 0 Å². The summed E-state index contributed by atoms with van der Waals surface area (Å²) >= 11 is 0. The molecule has 0 saturated heterocycles. The van der Waals surface area contributed by atoms with Crippen molar-refractivity contribution in [1.82, 2.24) is 15.0 Å². The lowest BCUT2D eigenvalue weighted by Gasteiger charge is -2.34. The number of benzene rings is 1. The smallest absolute Gasteiger partial charge is 0.261 e. The minimum absolute atomic E-state index is 0.0479. The zero-order valence-corrected chi connectivity index (χ0v) is 15.5. The fraction of sp³-hybridized carbons (Fsp3) is 0.500. The maximum absolute atomic E-state index is 12.5. The number of hydrogen-bond donors (Lipinski definition) is 1. The Morgan fingerprint density at radius 1 is 1.35 bits per heavy atom. The van der Waals surface area contributed by atoms with Gasteiger partial charge in [-0.2, -0.15) is 5.10 Å². The fourth-order valence-corrected chi connectivity index (χ4v) is 4.64. The average Bonchev–Trinajstić information content (AvgIpc) is 2.96. The first kappa shape index (κ1) is 16.9. The van der Waals surface area contributed by atoms with Crippen molar-refractivity contribution in [1.29, 1.82) is 0 Å². The Balaban J connectivity index is 1.51. The van der Waals surface area contributed by atoms with Gasteiger partial charge in [-0.15, -0.1) is 0 Å². The normalized spacial score (nSPS) is 28.0. The molecule has 0 radical (unpaired) electrons. The molecule has 1 N–H and O–H groups in total. The molecule has 1 amide bonds. The average molecular weight is 352 g/mol. The molecule has 2 aliphatic carbocycles. The molecular formula is C20H24N4O2. The van der Waals surface area contributed by atoms with Crippen LogP contribution in [0.15, 0.2) is 40.5 Å². The van der Waals surface area contributed by atoms with E-state index >= 15 is 0 Å². The van der Waals surface area contributed by atoms with E-state index in [1.54, 1.807) is 18.2 Å². The molecule has 2 bridgehead atoms. The lowest BCUT2D eigenvalue weighted by atomic mass is 9.70. The van der Waals surface area contributed by atoms with Crippen LogP contribution in [0.5, 0.6) is 0 Å². The number of fused-ring (bicyclic) bond motifs is 3. The van der Waals surface area contributed by atoms with Crippen molar-refractivity contribution in [3.8, 4) is 0 Å². The van der Waals surface area contributed by atoms with Crippen LogP contribution in [-0.4, -0.2) is 21.2 Å². The first-order valence-electron chi connectivity index (χ1n) is 9.13. The third-order valence-electron chi connectivity index (χ3n) is 6.87. The highest BCUT2D eigenvalue weighted by atomic mass is 16.2. The van der Waals surface area contributed by atoms with Gasteiger partial charge in [0.1, 0.15) is 6.54 Å². The Morgan fingerprint density at radius 3 is 2.81 bits per heavy atom. The number of hydrogen-bond acceptors (Lipinski definition) is 4. The summed E-state index contributed by atoms with van der Waals surface area (Å²) in [5.74, 6) is 0.330. The summed E-state index contributed by atoms with van der Waals surface area (Å²) in [6, 6.07) is 7.13. The molecule has 2 saturated carbocycles. The summed E-state index contributed by atoms with van der Waals surface area (Å²) in [5.41, 5.74) is 4.42. The van der Waals surface area contributed by atoms with Crippen molar-refractivity contribution in [3.63, 3.8) is 0 Å². The molecule has 2 unspecified atom stereocenters. The number of nitrogens with one attached hydrogen (secondary N) is 1. The first-order chi connectivity index (χ1) is 12.3. The van der Waals surface area contributed by atoms with Gasteiger partial charge < -0.3 is 0 Å². The Morgan fingerprint density at radius 2 is 2.12 bits per heavy atom. The molecule has 1 aromatic carbocycles. The highest BCUT2D eigenvalue weighted by Crippen LogP contribution is 2.63. The van der Waals surface area contributed by atoms with Gasteiger partial charge in [0.25, 0.3) is 11.5 Å². The van der Waals surface area contributed by atoms with Gasteiger partial charge >= 0.3 is 0 Å². The van der Waals surface area contributed by atoms with E-state index < -0.39 is 0 Å². The highest BCUT2D eigenvalue weighted by molar-refractivity contribution is 5.95. The Labute approximate surface area is 152 Å². The molecular weight excluding hydrogens is 328 g/mol. The van der Waals surface area contributed by atoms with E-state index in [9.17, 15) is 9.59 Å². The number of hydrazone groups is 1. The monoisotopic (exact) mass is 352 g/mol. The van der Waals surface area contributed by atoms with E-state index in [0.29, 0.717) is 16.8 Å². The third-order valence-corrected chi connectivity index (χ3v) is 6.87. The molecule has 2 fully saturated rings. The molecule has 136 valence electrons. The van der Waals surface area contributed by atoms with Gasteiger partial charge in [-0.1, -0.05) is 32.9 Å². The van der Waals surface area contributed by atoms with Gasteiger partial charge in [0, 0.05) is 11.1 Å². The molecule has 2 aromatic rings. The summed E-state index contributed by atoms with van der Waals surface area (Å²) < 4.78 is 1.32. The second-order valence-electron chi connectivity index (χ2n) is 8.28. The molecule has 0 spiro atoms. The van der Waals surface area contributed by atoms with E-state index in [1.807, 2.05) is 6.07 Å². The van der Waals surface area contributed by atoms with Gasteiger partial charge in [0.15, 0.2) is 0 Å². The quantitative estimate of drug-likeness (QED) is 0.863. The Hall–Kier alpha value is -2.50. The van der Waals surface area contributed by atoms with Crippen LogP contribution in [0.3, 0.4) is 0 Å². The summed E-state index contributed by atoms with van der Waals surface area (Å²) in [7, 11) is 0. The van der Waals surface area contributed by atoms with Gasteiger partial charge in [-0.05, 0) is 42.7 Å². The molecule has 26 heavy (non-hydrogen) atoms. The summed E-state index contributed by atoms with van der Waals surface area (Å²) in [6.07, 6.45) is 4.71. The SMILES string of the molecule is CC12CCC(C/C1=N/NC(=O)Cn1cnc3ccccc3c1=O)C2(C)C. The van der Waals surface area contributed by atoms with Crippen molar-refractivity contribution in [2.45, 2.75) is 46.6 Å². The van der Waals surface area contributed by atoms with Crippen molar-refractivity contribution in [2.75, 3.05) is 0 Å². The number of rotatable bonds is 3. The maximum Gasteiger partial charge on any atom is 0.261 e. The predicted octanol–water partition coefficient (Wildman–Crippen LogP) is 2.71. The molecule has 1 aromatic heterocycles.